The van der Waals surface area contributed by atoms with E-state index in [0.717, 1.165) is 59.0 Å². The van der Waals surface area contributed by atoms with Crippen LogP contribution in [0.4, 0.5) is 0 Å². The zero-order valence-corrected chi connectivity index (χ0v) is 14.5. The van der Waals surface area contributed by atoms with Crippen LogP contribution in [0.2, 0.25) is 0 Å². The van der Waals surface area contributed by atoms with Crippen LogP contribution in [0.15, 0.2) is 30.3 Å². The maximum absolute atomic E-state index is 5.32. The number of nitrogens with one attached hydrogen (secondary N) is 1. The maximum atomic E-state index is 5.32. The molecule has 0 bridgehead atoms. The Hall–Kier alpha value is -0.980. The largest absolute Gasteiger partial charge is 0.383 e. The number of ether oxygens (including phenoxy) is 2. The smallest absolute Gasteiger partial charge is 0.0589 e. The molecule has 23 heavy (non-hydrogen) atoms. The molecule has 1 unspecified atom stereocenters. The van der Waals surface area contributed by atoms with Crippen LogP contribution in [0.3, 0.4) is 0 Å². The van der Waals surface area contributed by atoms with Crippen LogP contribution in [-0.2, 0) is 9.47 Å². The summed E-state index contributed by atoms with van der Waals surface area (Å²) in [6, 6.07) is 11.2. The van der Waals surface area contributed by atoms with Gasteiger partial charge in [0.25, 0.3) is 0 Å². The van der Waals surface area contributed by atoms with Crippen molar-refractivity contribution in [1.29, 1.82) is 0 Å². The third kappa shape index (κ3) is 6.20. The molecule has 1 atom stereocenters. The van der Waals surface area contributed by atoms with Gasteiger partial charge in [0.15, 0.2) is 0 Å². The Morgan fingerprint density at radius 2 is 1.65 bits per heavy atom. The fraction of sp³-hybridized carbons (Fsp3) is 0.667. The number of hydrogen-bond acceptors (Lipinski definition) is 5. The molecule has 5 nitrogen and oxygen atoms in total. The van der Waals surface area contributed by atoms with Crippen LogP contribution >= 0.6 is 0 Å². The summed E-state index contributed by atoms with van der Waals surface area (Å²) in [7, 11) is 3.53. The molecule has 130 valence electrons. The quantitative estimate of drug-likeness (QED) is 0.701. The first-order valence-electron chi connectivity index (χ1n) is 8.55. The van der Waals surface area contributed by atoms with Gasteiger partial charge in [0.1, 0.15) is 0 Å². The Bertz CT molecular complexity index is 402. The van der Waals surface area contributed by atoms with Crippen LogP contribution in [-0.4, -0.2) is 83.0 Å². The van der Waals surface area contributed by atoms with Crippen molar-refractivity contribution in [2.75, 3.05) is 73.2 Å². The Kier molecular flexibility index (Phi) is 8.57. The lowest BCUT2D eigenvalue weighted by Crippen LogP contribution is -2.48. The highest BCUT2D eigenvalue weighted by Crippen LogP contribution is 2.22. The molecule has 0 spiro atoms. The van der Waals surface area contributed by atoms with E-state index in [1.54, 1.807) is 14.2 Å². The average molecular weight is 321 g/mol. The molecular weight excluding hydrogens is 290 g/mol. The molecule has 0 amide bonds. The van der Waals surface area contributed by atoms with Gasteiger partial charge < -0.3 is 14.8 Å². The van der Waals surface area contributed by atoms with Crippen molar-refractivity contribution in [3.05, 3.63) is 35.9 Å². The minimum atomic E-state index is 0.375. The van der Waals surface area contributed by atoms with Crippen molar-refractivity contribution in [2.24, 2.45) is 0 Å². The summed E-state index contributed by atoms with van der Waals surface area (Å²) in [5.41, 5.74) is 1.37. The lowest BCUT2D eigenvalue weighted by atomic mass is 10.0. The fourth-order valence-electron chi connectivity index (χ4n) is 3.09. The molecule has 1 aliphatic heterocycles. The van der Waals surface area contributed by atoms with Crippen molar-refractivity contribution < 1.29 is 9.47 Å². The molecule has 1 saturated heterocycles. The predicted octanol–water partition coefficient (Wildman–Crippen LogP) is 1.23. The van der Waals surface area contributed by atoms with E-state index in [2.05, 4.69) is 45.4 Å². The number of nitrogens with zero attached hydrogens (tertiary/aromatic N) is 2. The highest BCUT2D eigenvalue weighted by molar-refractivity contribution is 5.19. The van der Waals surface area contributed by atoms with Gasteiger partial charge in [-0.05, 0) is 5.56 Å². The van der Waals surface area contributed by atoms with Crippen LogP contribution in [0.25, 0.3) is 0 Å². The van der Waals surface area contributed by atoms with Gasteiger partial charge in [-0.1, -0.05) is 30.3 Å². The number of piperazine rings is 1. The zero-order chi connectivity index (χ0) is 16.3. The third-order valence-electron chi connectivity index (χ3n) is 4.43. The van der Waals surface area contributed by atoms with Gasteiger partial charge in [0.2, 0.25) is 0 Å². The van der Waals surface area contributed by atoms with E-state index < -0.39 is 0 Å². The number of rotatable bonds is 10. The van der Waals surface area contributed by atoms with E-state index >= 15 is 0 Å². The predicted molar refractivity (Wildman–Crippen MR) is 93.8 cm³/mol. The molecule has 1 fully saturated rings. The maximum Gasteiger partial charge on any atom is 0.0589 e. The Morgan fingerprint density at radius 3 is 2.22 bits per heavy atom. The highest BCUT2D eigenvalue weighted by Gasteiger charge is 2.23. The lowest BCUT2D eigenvalue weighted by molar-refractivity contribution is 0.0680. The Balaban J connectivity index is 2.11. The van der Waals surface area contributed by atoms with E-state index in [9.17, 15) is 0 Å². The van der Waals surface area contributed by atoms with Crippen molar-refractivity contribution in [2.45, 2.75) is 6.04 Å². The van der Waals surface area contributed by atoms with E-state index in [1.807, 2.05) is 0 Å². The molecular formula is C18H31N3O2. The molecule has 0 aromatic heterocycles. The van der Waals surface area contributed by atoms with Gasteiger partial charge >= 0.3 is 0 Å². The Labute approximate surface area is 140 Å². The molecule has 1 heterocycles. The third-order valence-corrected chi connectivity index (χ3v) is 4.43. The van der Waals surface area contributed by atoms with Crippen molar-refractivity contribution in [1.82, 2.24) is 15.1 Å². The Morgan fingerprint density at radius 1 is 1.04 bits per heavy atom. The van der Waals surface area contributed by atoms with Crippen LogP contribution in [0.1, 0.15) is 11.6 Å². The number of hydrogen-bond donors (Lipinski definition) is 1. The van der Waals surface area contributed by atoms with Gasteiger partial charge in [-0.15, -0.1) is 0 Å². The van der Waals surface area contributed by atoms with E-state index in [0.29, 0.717) is 6.04 Å². The first-order valence-corrected chi connectivity index (χ1v) is 8.55. The second-order valence-electron chi connectivity index (χ2n) is 6.00. The summed E-state index contributed by atoms with van der Waals surface area (Å²) in [4.78, 5) is 5.05. The van der Waals surface area contributed by atoms with Crippen LogP contribution in [0, 0.1) is 0 Å². The van der Waals surface area contributed by atoms with Gasteiger partial charge in [-0.25, -0.2) is 0 Å². The standard InChI is InChI=1S/C18H31N3O2/c1-22-14-12-21(13-15-23-2)18(17-6-4-3-5-7-17)16-20-10-8-19-9-11-20/h3-7,18-19H,8-16H2,1-2H3. The van der Waals surface area contributed by atoms with Crippen LogP contribution < -0.4 is 5.32 Å². The van der Waals surface area contributed by atoms with E-state index in [1.165, 1.54) is 5.56 Å². The topological polar surface area (TPSA) is 37.0 Å². The number of benzene rings is 1. The van der Waals surface area contributed by atoms with Gasteiger partial charge in [0, 0.05) is 66.1 Å². The fourth-order valence-corrected chi connectivity index (χ4v) is 3.09. The van der Waals surface area contributed by atoms with Gasteiger partial charge in [-0.3, -0.25) is 9.80 Å². The summed E-state index contributed by atoms with van der Waals surface area (Å²) in [5, 5.41) is 3.43. The van der Waals surface area contributed by atoms with Crippen LogP contribution in [0.5, 0.6) is 0 Å². The zero-order valence-electron chi connectivity index (χ0n) is 14.5. The summed E-state index contributed by atoms with van der Waals surface area (Å²) >= 11 is 0. The SMILES string of the molecule is COCCN(CCOC)C(CN1CCNCC1)c1ccccc1. The van der Waals surface area contributed by atoms with Gasteiger partial charge in [0.05, 0.1) is 13.2 Å². The summed E-state index contributed by atoms with van der Waals surface area (Å²) < 4.78 is 10.6. The highest BCUT2D eigenvalue weighted by atomic mass is 16.5. The molecule has 2 rings (SSSR count). The lowest BCUT2D eigenvalue weighted by Gasteiger charge is -2.37. The summed E-state index contributed by atoms with van der Waals surface area (Å²) in [6.45, 7) is 8.78. The minimum absolute atomic E-state index is 0.375. The molecule has 1 aliphatic rings. The molecule has 0 aliphatic carbocycles. The van der Waals surface area contributed by atoms with Crippen molar-refractivity contribution in [3.8, 4) is 0 Å². The summed E-state index contributed by atoms with van der Waals surface area (Å²) in [5.74, 6) is 0. The summed E-state index contributed by atoms with van der Waals surface area (Å²) in [6.07, 6.45) is 0. The molecule has 1 aromatic rings. The first kappa shape index (κ1) is 18.4. The van der Waals surface area contributed by atoms with Gasteiger partial charge in [-0.2, -0.15) is 0 Å². The second-order valence-corrected chi connectivity index (χ2v) is 6.00. The second kappa shape index (κ2) is 10.7. The molecule has 1 aromatic carbocycles. The average Bonchev–Trinajstić information content (AvgIpc) is 2.62. The molecule has 0 radical (unpaired) electrons. The monoisotopic (exact) mass is 321 g/mol. The molecule has 5 heteroatoms. The number of methoxy groups -OCH3 is 2. The van der Waals surface area contributed by atoms with Crippen molar-refractivity contribution >= 4 is 0 Å². The van der Waals surface area contributed by atoms with E-state index in [-0.39, 0.29) is 0 Å². The van der Waals surface area contributed by atoms with Crippen molar-refractivity contribution in [3.63, 3.8) is 0 Å². The minimum Gasteiger partial charge on any atom is -0.383 e. The first-order chi connectivity index (χ1) is 11.3. The molecule has 0 saturated carbocycles. The normalized spacial score (nSPS) is 17.5. The van der Waals surface area contributed by atoms with E-state index in [4.69, 9.17) is 9.47 Å². The molecule has 1 N–H and O–H groups in total.